The summed E-state index contributed by atoms with van der Waals surface area (Å²) < 4.78 is 8.12. The Labute approximate surface area is 103 Å². The summed E-state index contributed by atoms with van der Waals surface area (Å²) in [5.74, 6) is 5.53. The minimum atomic E-state index is -0.170. The minimum Gasteiger partial charge on any atom is -0.271 e. The van der Waals surface area contributed by atoms with E-state index in [1.54, 1.807) is 6.20 Å². The van der Waals surface area contributed by atoms with Crippen LogP contribution in [0.2, 0.25) is 5.02 Å². The molecule has 16 heavy (non-hydrogen) atoms. The molecule has 4 nitrogen and oxygen atoms in total. The first kappa shape index (κ1) is 11.5. The van der Waals surface area contributed by atoms with E-state index in [-0.39, 0.29) is 6.04 Å². The third kappa shape index (κ3) is 2.22. The maximum Gasteiger partial charge on any atom is 0.0970 e. The van der Waals surface area contributed by atoms with Crippen molar-refractivity contribution in [2.24, 2.45) is 5.84 Å². The summed E-state index contributed by atoms with van der Waals surface area (Å²) in [6.45, 7) is 1.96. The molecule has 0 saturated carbocycles. The van der Waals surface area contributed by atoms with Gasteiger partial charge in [-0.05, 0) is 24.1 Å². The van der Waals surface area contributed by atoms with Gasteiger partial charge in [-0.3, -0.25) is 5.84 Å². The molecule has 1 heterocycles. The van der Waals surface area contributed by atoms with Crippen LogP contribution in [0, 0.1) is 6.92 Å². The molecule has 0 fully saturated rings. The van der Waals surface area contributed by atoms with Gasteiger partial charge in [-0.15, -0.1) is 0 Å². The van der Waals surface area contributed by atoms with Crippen LogP contribution >= 0.6 is 23.3 Å². The van der Waals surface area contributed by atoms with Crippen LogP contribution in [0.4, 0.5) is 0 Å². The van der Waals surface area contributed by atoms with Gasteiger partial charge in [0.05, 0.1) is 29.7 Å². The molecule has 0 spiro atoms. The Kier molecular flexibility index (Phi) is 3.50. The first-order chi connectivity index (χ1) is 7.72. The summed E-state index contributed by atoms with van der Waals surface area (Å²) in [6.07, 6.45) is 1.70. The highest BCUT2D eigenvalue weighted by Gasteiger charge is 2.15. The van der Waals surface area contributed by atoms with E-state index in [9.17, 15) is 0 Å². The maximum absolute atomic E-state index is 6.07. The third-order valence-corrected chi connectivity index (χ3v) is 3.27. The van der Waals surface area contributed by atoms with E-state index in [1.807, 2.05) is 25.1 Å². The Hall–Kier alpha value is -1.01. The first-order valence-corrected chi connectivity index (χ1v) is 5.83. The lowest BCUT2D eigenvalue weighted by Gasteiger charge is -2.14. The molecular weight excluding hydrogens is 244 g/mol. The van der Waals surface area contributed by atoms with Crippen LogP contribution in [0.5, 0.6) is 0 Å². The second-order valence-corrected chi connectivity index (χ2v) is 4.40. The summed E-state index contributed by atoms with van der Waals surface area (Å²) in [7, 11) is 0. The van der Waals surface area contributed by atoms with Gasteiger partial charge in [0.1, 0.15) is 0 Å². The van der Waals surface area contributed by atoms with E-state index < -0.39 is 0 Å². The van der Waals surface area contributed by atoms with Crippen LogP contribution in [0.1, 0.15) is 22.9 Å². The minimum absolute atomic E-state index is 0.170. The zero-order valence-corrected chi connectivity index (χ0v) is 10.2. The zero-order valence-electron chi connectivity index (χ0n) is 8.64. The van der Waals surface area contributed by atoms with Gasteiger partial charge in [-0.2, -0.15) is 8.75 Å². The van der Waals surface area contributed by atoms with Crippen molar-refractivity contribution in [1.82, 2.24) is 14.2 Å². The predicted octanol–water partition coefficient (Wildman–Crippen LogP) is 2.05. The molecule has 0 saturated heterocycles. The van der Waals surface area contributed by atoms with Crippen molar-refractivity contribution in [3.8, 4) is 0 Å². The Morgan fingerprint density at radius 2 is 2.31 bits per heavy atom. The fourth-order valence-electron chi connectivity index (χ4n) is 1.44. The van der Waals surface area contributed by atoms with Crippen LogP contribution in [0.3, 0.4) is 0 Å². The fraction of sp³-hybridized carbons (Fsp3) is 0.200. The van der Waals surface area contributed by atoms with Gasteiger partial charge < -0.3 is 0 Å². The molecule has 0 aliphatic rings. The number of halogens is 1. The second kappa shape index (κ2) is 4.88. The van der Waals surface area contributed by atoms with Crippen molar-refractivity contribution in [1.29, 1.82) is 0 Å². The highest BCUT2D eigenvalue weighted by Crippen LogP contribution is 2.24. The molecule has 0 bridgehead atoms. The zero-order chi connectivity index (χ0) is 11.5. The average molecular weight is 255 g/mol. The fourth-order valence-corrected chi connectivity index (χ4v) is 2.08. The predicted molar refractivity (Wildman–Crippen MR) is 65.3 cm³/mol. The van der Waals surface area contributed by atoms with E-state index >= 15 is 0 Å². The molecule has 84 valence electrons. The van der Waals surface area contributed by atoms with E-state index in [2.05, 4.69) is 14.2 Å². The molecule has 1 aromatic carbocycles. The smallest absolute Gasteiger partial charge is 0.0970 e. The van der Waals surface area contributed by atoms with Crippen LogP contribution in [0.25, 0.3) is 0 Å². The molecule has 1 atom stereocenters. The largest absolute Gasteiger partial charge is 0.271 e. The van der Waals surface area contributed by atoms with Gasteiger partial charge in [0, 0.05) is 5.02 Å². The monoisotopic (exact) mass is 254 g/mol. The summed E-state index contributed by atoms with van der Waals surface area (Å²) in [5.41, 5.74) is 5.53. The quantitative estimate of drug-likeness (QED) is 0.650. The van der Waals surface area contributed by atoms with Crippen molar-refractivity contribution in [2.75, 3.05) is 0 Å². The third-order valence-electron chi connectivity index (χ3n) is 2.37. The van der Waals surface area contributed by atoms with Gasteiger partial charge in [-0.25, -0.2) is 5.43 Å². The number of hydrogen-bond donors (Lipinski definition) is 2. The Balaban J connectivity index is 2.37. The summed E-state index contributed by atoms with van der Waals surface area (Å²) >= 11 is 7.23. The summed E-state index contributed by atoms with van der Waals surface area (Å²) in [5, 5.41) is 0.723. The van der Waals surface area contributed by atoms with Crippen LogP contribution in [-0.2, 0) is 0 Å². The highest BCUT2D eigenvalue weighted by molar-refractivity contribution is 6.99. The topological polar surface area (TPSA) is 63.8 Å². The number of nitrogens with zero attached hydrogens (tertiary/aromatic N) is 2. The number of aryl methyl sites for hydroxylation is 1. The second-order valence-electron chi connectivity index (χ2n) is 3.44. The van der Waals surface area contributed by atoms with Crippen LogP contribution < -0.4 is 11.3 Å². The van der Waals surface area contributed by atoms with E-state index in [0.29, 0.717) is 0 Å². The lowest BCUT2D eigenvalue weighted by molar-refractivity contribution is 0.625. The molecular formula is C10H11ClN4S. The van der Waals surface area contributed by atoms with Crippen LogP contribution in [0.15, 0.2) is 24.4 Å². The number of benzene rings is 1. The summed E-state index contributed by atoms with van der Waals surface area (Å²) in [6, 6.07) is 5.66. The standard InChI is InChI=1S/C10H11ClN4S/c1-6-2-3-7(4-8(6)11)10(14-12)9-5-13-16-15-9/h2-5,10,14H,12H2,1H3. The Morgan fingerprint density at radius 3 is 2.88 bits per heavy atom. The lowest BCUT2D eigenvalue weighted by Crippen LogP contribution is -2.29. The molecule has 3 N–H and O–H groups in total. The SMILES string of the molecule is Cc1ccc(C(NN)c2cnsn2)cc1Cl. The maximum atomic E-state index is 6.07. The number of hydrazine groups is 1. The molecule has 0 aliphatic carbocycles. The van der Waals surface area contributed by atoms with E-state index in [0.717, 1.165) is 33.6 Å². The van der Waals surface area contributed by atoms with Gasteiger partial charge in [0.25, 0.3) is 0 Å². The molecule has 0 radical (unpaired) electrons. The molecule has 6 heteroatoms. The molecule has 2 rings (SSSR count). The molecule has 0 amide bonds. The Bertz CT molecular complexity index is 472. The number of rotatable bonds is 3. The lowest BCUT2D eigenvalue weighted by atomic mass is 10.0. The molecule has 0 aliphatic heterocycles. The Morgan fingerprint density at radius 1 is 1.50 bits per heavy atom. The van der Waals surface area contributed by atoms with E-state index in [4.69, 9.17) is 17.4 Å². The molecule has 1 aromatic heterocycles. The van der Waals surface area contributed by atoms with Crippen molar-refractivity contribution >= 4 is 23.3 Å². The van der Waals surface area contributed by atoms with Crippen molar-refractivity contribution < 1.29 is 0 Å². The highest BCUT2D eigenvalue weighted by atomic mass is 35.5. The van der Waals surface area contributed by atoms with E-state index in [1.165, 1.54) is 0 Å². The van der Waals surface area contributed by atoms with Crippen molar-refractivity contribution in [2.45, 2.75) is 13.0 Å². The van der Waals surface area contributed by atoms with Gasteiger partial charge >= 0.3 is 0 Å². The molecule has 2 aromatic rings. The van der Waals surface area contributed by atoms with Gasteiger partial charge in [-0.1, -0.05) is 23.7 Å². The number of aromatic nitrogens is 2. The normalized spacial score (nSPS) is 12.7. The number of nitrogens with one attached hydrogen (secondary N) is 1. The average Bonchev–Trinajstić information content (AvgIpc) is 2.78. The van der Waals surface area contributed by atoms with Gasteiger partial charge in [0.15, 0.2) is 0 Å². The number of hydrogen-bond acceptors (Lipinski definition) is 5. The first-order valence-electron chi connectivity index (χ1n) is 4.72. The van der Waals surface area contributed by atoms with Crippen LogP contribution in [-0.4, -0.2) is 8.75 Å². The van der Waals surface area contributed by atoms with Gasteiger partial charge in [0.2, 0.25) is 0 Å². The molecule has 1 unspecified atom stereocenters. The summed E-state index contributed by atoms with van der Waals surface area (Å²) in [4.78, 5) is 0. The number of nitrogens with two attached hydrogens (primary N) is 1. The van der Waals surface area contributed by atoms with Crippen molar-refractivity contribution in [3.63, 3.8) is 0 Å². The van der Waals surface area contributed by atoms with Crippen molar-refractivity contribution in [3.05, 3.63) is 46.2 Å².